The van der Waals surface area contributed by atoms with Crippen LogP contribution in [-0.2, 0) is 0 Å². The van der Waals surface area contributed by atoms with Crippen molar-refractivity contribution in [2.75, 3.05) is 39.2 Å². The third-order valence-corrected chi connectivity index (χ3v) is 3.74. The highest BCUT2D eigenvalue weighted by Gasteiger charge is 2.23. The van der Waals surface area contributed by atoms with Gasteiger partial charge in [-0.25, -0.2) is 0 Å². The van der Waals surface area contributed by atoms with Crippen LogP contribution in [0.2, 0.25) is 0 Å². The van der Waals surface area contributed by atoms with Gasteiger partial charge in [-0.15, -0.1) is 0 Å². The lowest BCUT2D eigenvalue weighted by atomic mass is 9.90. The second-order valence-electron chi connectivity index (χ2n) is 3.99. The normalized spacial score (nSPS) is 23.3. The van der Waals surface area contributed by atoms with Crippen molar-refractivity contribution in [2.24, 2.45) is 5.92 Å². The maximum absolute atomic E-state index is 3.45. The molecule has 1 rings (SSSR count). The van der Waals surface area contributed by atoms with Crippen molar-refractivity contribution >= 4 is 11.8 Å². The van der Waals surface area contributed by atoms with Crippen LogP contribution in [0.4, 0.5) is 0 Å². The average Bonchev–Trinajstić information content (AvgIpc) is 2.16. The van der Waals surface area contributed by atoms with Gasteiger partial charge < -0.3 is 10.2 Å². The van der Waals surface area contributed by atoms with Crippen molar-refractivity contribution in [3.63, 3.8) is 0 Å². The Morgan fingerprint density at radius 2 is 2.08 bits per heavy atom. The topological polar surface area (TPSA) is 15.3 Å². The Morgan fingerprint density at radius 3 is 2.54 bits per heavy atom. The molecule has 0 radical (unpaired) electrons. The second-order valence-corrected chi connectivity index (χ2v) is 4.90. The highest BCUT2D eigenvalue weighted by Crippen LogP contribution is 2.21. The first-order valence-corrected chi connectivity index (χ1v) is 6.52. The minimum absolute atomic E-state index is 0.726. The number of nitrogens with zero attached hydrogens (tertiary/aromatic N) is 1. The van der Waals surface area contributed by atoms with Gasteiger partial charge in [-0.2, -0.15) is 11.8 Å². The maximum Gasteiger partial charge on any atom is 0.0184 e. The molecule has 1 aliphatic heterocycles. The van der Waals surface area contributed by atoms with E-state index in [1.165, 1.54) is 31.7 Å². The van der Waals surface area contributed by atoms with E-state index in [9.17, 15) is 0 Å². The summed E-state index contributed by atoms with van der Waals surface area (Å²) in [6.07, 6.45) is 4.92. The maximum atomic E-state index is 3.45. The lowest BCUT2D eigenvalue weighted by Crippen LogP contribution is -2.42. The molecule has 0 aromatic carbocycles. The smallest absolute Gasteiger partial charge is 0.0184 e. The first-order valence-electron chi connectivity index (χ1n) is 5.12. The molecule has 0 spiro atoms. The molecule has 3 heteroatoms. The van der Waals surface area contributed by atoms with E-state index in [1.807, 2.05) is 11.8 Å². The Labute approximate surface area is 86.5 Å². The van der Waals surface area contributed by atoms with E-state index >= 15 is 0 Å². The fourth-order valence-corrected chi connectivity index (χ4v) is 2.86. The van der Waals surface area contributed by atoms with Crippen molar-refractivity contribution in [1.82, 2.24) is 10.2 Å². The zero-order valence-corrected chi connectivity index (χ0v) is 9.86. The van der Waals surface area contributed by atoms with Crippen LogP contribution in [0, 0.1) is 5.92 Å². The van der Waals surface area contributed by atoms with E-state index in [0.29, 0.717) is 0 Å². The van der Waals surface area contributed by atoms with Gasteiger partial charge in [0.05, 0.1) is 0 Å². The summed E-state index contributed by atoms with van der Waals surface area (Å²) in [6, 6.07) is 0.726. The number of thioether (sulfide) groups is 1. The second kappa shape index (κ2) is 5.89. The number of piperidine rings is 1. The predicted molar refractivity (Wildman–Crippen MR) is 61.5 cm³/mol. The minimum atomic E-state index is 0.726. The van der Waals surface area contributed by atoms with Gasteiger partial charge in [-0.3, -0.25) is 0 Å². The van der Waals surface area contributed by atoms with E-state index in [-0.39, 0.29) is 0 Å². The van der Waals surface area contributed by atoms with Gasteiger partial charge in [0, 0.05) is 11.8 Å². The summed E-state index contributed by atoms with van der Waals surface area (Å²) >= 11 is 1.95. The fraction of sp³-hybridized carbons (Fsp3) is 1.00. The standard InChI is InChI=1S/C10H22N2S/c1-11-10(8-13-3)9-4-6-12(2)7-5-9/h9-11H,4-8H2,1-3H3. The molecule has 0 amide bonds. The Morgan fingerprint density at radius 1 is 1.46 bits per heavy atom. The molecule has 1 fully saturated rings. The number of nitrogens with one attached hydrogen (secondary N) is 1. The van der Waals surface area contributed by atoms with Crippen molar-refractivity contribution in [2.45, 2.75) is 18.9 Å². The molecule has 1 heterocycles. The first-order chi connectivity index (χ1) is 6.27. The monoisotopic (exact) mass is 202 g/mol. The largest absolute Gasteiger partial charge is 0.316 e. The van der Waals surface area contributed by atoms with Crippen molar-refractivity contribution in [3.05, 3.63) is 0 Å². The highest BCUT2D eigenvalue weighted by atomic mass is 32.2. The summed E-state index contributed by atoms with van der Waals surface area (Å²) in [6.45, 7) is 2.55. The van der Waals surface area contributed by atoms with Gasteiger partial charge in [0.1, 0.15) is 0 Å². The Hall–Kier alpha value is 0.270. The fourth-order valence-electron chi connectivity index (χ4n) is 2.07. The molecule has 78 valence electrons. The van der Waals surface area contributed by atoms with Crippen molar-refractivity contribution in [1.29, 1.82) is 0 Å². The summed E-state index contributed by atoms with van der Waals surface area (Å²) in [5.41, 5.74) is 0. The lowest BCUT2D eigenvalue weighted by molar-refractivity contribution is 0.195. The first kappa shape index (κ1) is 11.3. The molecule has 1 aliphatic rings. The Balaban J connectivity index is 2.32. The van der Waals surface area contributed by atoms with E-state index in [4.69, 9.17) is 0 Å². The zero-order valence-electron chi connectivity index (χ0n) is 9.05. The lowest BCUT2D eigenvalue weighted by Gasteiger charge is -2.33. The molecule has 0 aliphatic carbocycles. The van der Waals surface area contributed by atoms with Crippen molar-refractivity contribution in [3.8, 4) is 0 Å². The number of likely N-dealkylation sites (tertiary alicyclic amines) is 1. The molecular formula is C10H22N2S. The van der Waals surface area contributed by atoms with Crippen LogP contribution >= 0.6 is 11.8 Å². The SMILES string of the molecule is CNC(CSC)C1CCN(C)CC1. The van der Waals surface area contributed by atoms with Crippen LogP contribution < -0.4 is 5.32 Å². The summed E-state index contributed by atoms with van der Waals surface area (Å²) < 4.78 is 0. The van der Waals surface area contributed by atoms with E-state index < -0.39 is 0 Å². The van der Waals surface area contributed by atoms with Crippen LogP contribution in [0.1, 0.15) is 12.8 Å². The summed E-state index contributed by atoms with van der Waals surface area (Å²) in [7, 11) is 4.32. The van der Waals surface area contributed by atoms with Gasteiger partial charge in [-0.1, -0.05) is 0 Å². The van der Waals surface area contributed by atoms with Crippen LogP contribution in [0.5, 0.6) is 0 Å². The number of hydrogen-bond donors (Lipinski definition) is 1. The molecule has 1 saturated heterocycles. The Bertz CT molecular complexity index is 133. The number of hydrogen-bond acceptors (Lipinski definition) is 3. The molecule has 0 bridgehead atoms. The van der Waals surface area contributed by atoms with Crippen molar-refractivity contribution < 1.29 is 0 Å². The van der Waals surface area contributed by atoms with Gasteiger partial charge in [-0.05, 0) is 52.2 Å². The highest BCUT2D eigenvalue weighted by molar-refractivity contribution is 7.98. The average molecular weight is 202 g/mol. The van der Waals surface area contributed by atoms with Crippen LogP contribution in [-0.4, -0.2) is 50.1 Å². The Kier molecular flexibility index (Phi) is 5.14. The molecule has 2 nitrogen and oxygen atoms in total. The molecule has 1 atom stereocenters. The van der Waals surface area contributed by atoms with Gasteiger partial charge in [0.25, 0.3) is 0 Å². The van der Waals surface area contributed by atoms with E-state index in [0.717, 1.165) is 12.0 Å². The zero-order chi connectivity index (χ0) is 9.68. The summed E-state index contributed by atoms with van der Waals surface area (Å²) in [5.74, 6) is 2.15. The third-order valence-electron chi connectivity index (χ3n) is 3.05. The molecule has 0 aromatic rings. The van der Waals surface area contributed by atoms with Gasteiger partial charge >= 0.3 is 0 Å². The predicted octanol–water partition coefficient (Wildman–Crippen LogP) is 1.28. The van der Waals surface area contributed by atoms with Crippen LogP contribution in [0.3, 0.4) is 0 Å². The quantitative estimate of drug-likeness (QED) is 0.739. The number of rotatable bonds is 4. The van der Waals surface area contributed by atoms with Crippen LogP contribution in [0.15, 0.2) is 0 Å². The molecule has 0 saturated carbocycles. The molecule has 1 unspecified atom stereocenters. The molecule has 0 aromatic heterocycles. The van der Waals surface area contributed by atoms with Gasteiger partial charge in [0.15, 0.2) is 0 Å². The van der Waals surface area contributed by atoms with Gasteiger partial charge in [0.2, 0.25) is 0 Å². The summed E-state index contributed by atoms with van der Waals surface area (Å²) in [4.78, 5) is 2.43. The third kappa shape index (κ3) is 3.49. The van der Waals surface area contributed by atoms with E-state index in [2.05, 4.69) is 30.6 Å². The van der Waals surface area contributed by atoms with Crippen LogP contribution in [0.25, 0.3) is 0 Å². The molecule has 1 N–H and O–H groups in total. The molecular weight excluding hydrogens is 180 g/mol. The van der Waals surface area contributed by atoms with E-state index in [1.54, 1.807) is 0 Å². The molecule has 13 heavy (non-hydrogen) atoms. The minimum Gasteiger partial charge on any atom is -0.316 e. The summed E-state index contributed by atoms with van der Waals surface area (Å²) in [5, 5.41) is 3.45.